The van der Waals surface area contributed by atoms with Gasteiger partial charge in [0.2, 0.25) is 5.91 Å². The quantitative estimate of drug-likeness (QED) is 0.866. The molecule has 0 saturated heterocycles. The van der Waals surface area contributed by atoms with Crippen LogP contribution in [-0.4, -0.2) is 29.3 Å². The van der Waals surface area contributed by atoms with Gasteiger partial charge in [-0.15, -0.1) is 0 Å². The van der Waals surface area contributed by atoms with Crippen LogP contribution in [-0.2, 0) is 24.7 Å². The Morgan fingerprint density at radius 1 is 1.38 bits per heavy atom. The van der Waals surface area contributed by atoms with E-state index < -0.39 is 0 Å². The van der Waals surface area contributed by atoms with Crippen molar-refractivity contribution in [3.05, 3.63) is 46.3 Å². The number of methoxy groups -OCH3 is 1. The number of ether oxygens (including phenoxy) is 1. The zero-order valence-corrected chi connectivity index (χ0v) is 16.3. The van der Waals surface area contributed by atoms with Gasteiger partial charge in [-0.2, -0.15) is 5.10 Å². The molecule has 1 heterocycles. The maximum absolute atomic E-state index is 12.5. The molecule has 1 aromatic carbocycles. The maximum atomic E-state index is 12.5. The summed E-state index contributed by atoms with van der Waals surface area (Å²) >= 11 is 0. The number of hydrogen-bond donors (Lipinski definition) is 1. The molecule has 5 heteroatoms. The molecule has 26 heavy (non-hydrogen) atoms. The van der Waals surface area contributed by atoms with Gasteiger partial charge in [0.1, 0.15) is 5.75 Å². The number of benzene rings is 1. The highest BCUT2D eigenvalue weighted by Crippen LogP contribution is 2.35. The Hall–Kier alpha value is -2.30. The number of aryl methyl sites for hydroxylation is 3. The number of nitrogens with zero attached hydrogens (tertiary/aromatic N) is 2. The van der Waals surface area contributed by atoms with Crippen molar-refractivity contribution in [1.82, 2.24) is 15.1 Å². The molecule has 0 spiro atoms. The summed E-state index contributed by atoms with van der Waals surface area (Å²) in [5.74, 6) is 1.35. The Bertz CT molecular complexity index is 795. The van der Waals surface area contributed by atoms with Crippen molar-refractivity contribution in [3.8, 4) is 5.75 Å². The summed E-state index contributed by atoms with van der Waals surface area (Å²) < 4.78 is 7.23. The molecule has 1 amide bonds. The van der Waals surface area contributed by atoms with E-state index in [2.05, 4.69) is 29.5 Å². The van der Waals surface area contributed by atoms with Crippen LogP contribution in [0.1, 0.15) is 53.3 Å². The van der Waals surface area contributed by atoms with Gasteiger partial charge in [-0.25, -0.2) is 0 Å². The number of carbonyl (C=O) groups is 1. The first-order chi connectivity index (χ1) is 12.5. The average Bonchev–Trinajstić information content (AvgIpc) is 2.87. The first-order valence-corrected chi connectivity index (χ1v) is 9.42. The van der Waals surface area contributed by atoms with Crippen molar-refractivity contribution in [2.45, 2.75) is 51.9 Å². The lowest BCUT2D eigenvalue weighted by atomic mass is 9.81. The van der Waals surface area contributed by atoms with Crippen molar-refractivity contribution in [3.63, 3.8) is 0 Å². The van der Waals surface area contributed by atoms with E-state index in [9.17, 15) is 4.79 Å². The minimum atomic E-state index is 0.137. The van der Waals surface area contributed by atoms with E-state index in [0.717, 1.165) is 37.1 Å². The molecule has 1 aromatic heterocycles. The van der Waals surface area contributed by atoms with Crippen molar-refractivity contribution in [2.75, 3.05) is 13.7 Å². The van der Waals surface area contributed by atoms with Gasteiger partial charge in [0, 0.05) is 25.7 Å². The highest BCUT2D eigenvalue weighted by atomic mass is 16.5. The molecule has 140 valence electrons. The highest BCUT2D eigenvalue weighted by molar-refractivity contribution is 5.77. The van der Waals surface area contributed by atoms with Crippen molar-refractivity contribution in [1.29, 1.82) is 0 Å². The summed E-state index contributed by atoms with van der Waals surface area (Å²) in [4.78, 5) is 12.5. The molecular weight excluding hydrogens is 326 g/mol. The Morgan fingerprint density at radius 2 is 2.19 bits per heavy atom. The lowest BCUT2D eigenvalue weighted by Gasteiger charge is -2.25. The number of amides is 1. The van der Waals surface area contributed by atoms with E-state index in [1.54, 1.807) is 7.11 Å². The zero-order chi connectivity index (χ0) is 18.7. The smallest absolute Gasteiger partial charge is 0.220 e. The molecule has 1 atom stereocenters. The lowest BCUT2D eigenvalue weighted by Crippen LogP contribution is -2.28. The third-order valence-electron chi connectivity index (χ3n) is 5.58. The SMILES string of the molecule is COc1ccc2c(c1)CCCC2CC(=O)NCCc1c(C)nn(C)c1C. The van der Waals surface area contributed by atoms with Gasteiger partial charge in [-0.05, 0) is 74.3 Å². The minimum absolute atomic E-state index is 0.137. The van der Waals surface area contributed by atoms with Crippen LogP contribution in [0.2, 0.25) is 0 Å². The summed E-state index contributed by atoms with van der Waals surface area (Å²) in [6.07, 6.45) is 4.67. The number of nitrogens with one attached hydrogen (secondary N) is 1. The monoisotopic (exact) mass is 355 g/mol. The predicted molar refractivity (Wildman–Crippen MR) is 103 cm³/mol. The van der Waals surface area contributed by atoms with Gasteiger partial charge >= 0.3 is 0 Å². The number of carbonyl (C=O) groups excluding carboxylic acids is 1. The summed E-state index contributed by atoms with van der Waals surface area (Å²) in [7, 11) is 3.65. The van der Waals surface area contributed by atoms with E-state index >= 15 is 0 Å². The Kier molecular flexibility index (Phi) is 5.64. The van der Waals surface area contributed by atoms with E-state index in [1.165, 1.54) is 22.4 Å². The Balaban J connectivity index is 1.56. The third kappa shape index (κ3) is 3.92. The molecule has 2 aromatic rings. The lowest BCUT2D eigenvalue weighted by molar-refractivity contribution is -0.121. The molecule has 0 radical (unpaired) electrons. The van der Waals surface area contributed by atoms with Crippen LogP contribution >= 0.6 is 0 Å². The summed E-state index contributed by atoms with van der Waals surface area (Å²) in [5.41, 5.74) is 6.10. The number of fused-ring (bicyclic) bond motifs is 1. The van der Waals surface area contributed by atoms with E-state index in [4.69, 9.17) is 4.74 Å². The summed E-state index contributed by atoms with van der Waals surface area (Å²) in [6, 6.07) is 6.25. The Labute approximate surface area is 155 Å². The molecule has 0 fully saturated rings. The van der Waals surface area contributed by atoms with Crippen molar-refractivity contribution in [2.24, 2.45) is 7.05 Å². The fraction of sp³-hybridized carbons (Fsp3) is 0.524. The Morgan fingerprint density at radius 3 is 2.88 bits per heavy atom. The van der Waals surface area contributed by atoms with Gasteiger partial charge in [-0.3, -0.25) is 9.48 Å². The third-order valence-corrected chi connectivity index (χ3v) is 5.58. The van der Waals surface area contributed by atoms with Crippen LogP contribution in [0.5, 0.6) is 5.75 Å². The van der Waals surface area contributed by atoms with Crippen LogP contribution in [0, 0.1) is 13.8 Å². The zero-order valence-electron chi connectivity index (χ0n) is 16.3. The topological polar surface area (TPSA) is 56.1 Å². The van der Waals surface area contributed by atoms with Crippen LogP contribution in [0.3, 0.4) is 0 Å². The number of hydrogen-bond acceptors (Lipinski definition) is 3. The second-order valence-electron chi connectivity index (χ2n) is 7.23. The molecule has 1 N–H and O–H groups in total. The largest absolute Gasteiger partial charge is 0.497 e. The normalized spacial score (nSPS) is 16.2. The average molecular weight is 355 g/mol. The second-order valence-corrected chi connectivity index (χ2v) is 7.23. The molecule has 1 unspecified atom stereocenters. The molecule has 1 aliphatic carbocycles. The van der Waals surface area contributed by atoms with Crippen LogP contribution in [0.4, 0.5) is 0 Å². The van der Waals surface area contributed by atoms with Crippen molar-refractivity contribution < 1.29 is 9.53 Å². The van der Waals surface area contributed by atoms with Crippen LogP contribution in [0.15, 0.2) is 18.2 Å². The number of rotatable bonds is 6. The predicted octanol–water partition coefficient (Wildman–Crippen LogP) is 3.21. The van der Waals surface area contributed by atoms with Crippen molar-refractivity contribution >= 4 is 5.91 Å². The molecular formula is C21H29N3O2. The minimum Gasteiger partial charge on any atom is -0.497 e. The molecule has 5 nitrogen and oxygen atoms in total. The standard InChI is InChI=1S/C21H29N3O2/c1-14-19(15(2)24(3)23-14)10-11-22-21(25)13-17-7-5-6-16-12-18(26-4)8-9-20(16)17/h8-9,12,17H,5-7,10-11,13H2,1-4H3,(H,22,25). The van der Waals surface area contributed by atoms with Crippen LogP contribution < -0.4 is 10.1 Å². The second kappa shape index (κ2) is 7.94. The first-order valence-electron chi connectivity index (χ1n) is 9.42. The van der Waals surface area contributed by atoms with E-state index in [-0.39, 0.29) is 5.91 Å². The summed E-state index contributed by atoms with van der Waals surface area (Å²) in [5, 5.41) is 7.53. The van der Waals surface area contributed by atoms with E-state index in [0.29, 0.717) is 18.9 Å². The fourth-order valence-electron chi connectivity index (χ4n) is 4.03. The molecule has 3 rings (SSSR count). The summed E-state index contributed by atoms with van der Waals surface area (Å²) in [6.45, 7) is 4.76. The van der Waals surface area contributed by atoms with E-state index in [1.807, 2.05) is 24.7 Å². The molecule has 1 aliphatic rings. The molecule has 0 aliphatic heterocycles. The number of aromatic nitrogens is 2. The molecule has 0 saturated carbocycles. The van der Waals surface area contributed by atoms with Gasteiger partial charge in [0.15, 0.2) is 0 Å². The first kappa shape index (κ1) is 18.5. The van der Waals surface area contributed by atoms with Gasteiger partial charge < -0.3 is 10.1 Å². The maximum Gasteiger partial charge on any atom is 0.220 e. The highest BCUT2D eigenvalue weighted by Gasteiger charge is 2.23. The van der Waals surface area contributed by atoms with Crippen LogP contribution in [0.25, 0.3) is 0 Å². The molecule has 0 bridgehead atoms. The fourth-order valence-corrected chi connectivity index (χ4v) is 4.03. The van der Waals surface area contributed by atoms with Gasteiger partial charge in [0.05, 0.1) is 12.8 Å². The van der Waals surface area contributed by atoms with Gasteiger partial charge in [0.25, 0.3) is 0 Å². The van der Waals surface area contributed by atoms with Gasteiger partial charge in [-0.1, -0.05) is 6.07 Å².